The molecule has 0 radical (unpaired) electrons. The van der Waals surface area contributed by atoms with Crippen molar-refractivity contribution in [3.63, 3.8) is 0 Å². The molecule has 1 atom stereocenters. The fraction of sp³-hybridized carbons (Fsp3) is 0.421. The van der Waals surface area contributed by atoms with Crippen molar-refractivity contribution in [3.05, 3.63) is 59.4 Å². The van der Waals surface area contributed by atoms with Gasteiger partial charge in [-0.3, -0.25) is 9.88 Å². The van der Waals surface area contributed by atoms with Crippen LogP contribution in [0.5, 0.6) is 5.75 Å². The number of ether oxygens (including phenoxy) is 1. The molecule has 0 bridgehead atoms. The Morgan fingerprint density at radius 2 is 1.96 bits per heavy atom. The largest absolute Gasteiger partial charge is 0.491 e. The maximum absolute atomic E-state index is 10.7. The number of rotatable bonds is 5. The minimum atomic E-state index is -0.775. The lowest BCUT2D eigenvalue weighted by atomic mass is 10.1. The number of benzene rings is 1. The number of hydrogen-bond acceptors (Lipinski definition) is 4. The molecule has 0 spiro atoms. The third-order valence-electron chi connectivity index (χ3n) is 4.32. The van der Waals surface area contributed by atoms with Crippen LogP contribution in [0, 0.1) is 13.8 Å². The number of aryl methyl sites for hydroxylation is 2. The maximum atomic E-state index is 10.7. The molecule has 0 amide bonds. The van der Waals surface area contributed by atoms with Gasteiger partial charge >= 0.3 is 0 Å². The molecular formula is C19H24N2O2. The predicted octanol–water partition coefficient (Wildman–Crippen LogP) is 2.71. The maximum Gasteiger partial charge on any atom is 0.119 e. The fourth-order valence-electron chi connectivity index (χ4n) is 2.90. The highest BCUT2D eigenvalue weighted by molar-refractivity contribution is 5.26. The summed E-state index contributed by atoms with van der Waals surface area (Å²) < 4.78 is 5.77. The Morgan fingerprint density at radius 3 is 2.65 bits per heavy atom. The monoisotopic (exact) mass is 312 g/mol. The summed E-state index contributed by atoms with van der Waals surface area (Å²) in [5, 5.41) is 10.7. The Labute approximate surface area is 137 Å². The Kier molecular flexibility index (Phi) is 4.64. The Morgan fingerprint density at radius 1 is 1.17 bits per heavy atom. The van der Waals surface area contributed by atoms with E-state index in [9.17, 15) is 5.11 Å². The first-order chi connectivity index (χ1) is 11.0. The molecule has 1 fully saturated rings. The SMILES string of the molecule is Cc1ccc(OC[C@@]2(O)CCN(Cc3ccc(C)nc3)C2)cc1. The molecule has 1 aromatic carbocycles. The molecule has 4 nitrogen and oxygen atoms in total. The first-order valence-corrected chi connectivity index (χ1v) is 8.08. The second kappa shape index (κ2) is 6.69. The van der Waals surface area contributed by atoms with Crippen LogP contribution in [0.4, 0.5) is 0 Å². The van der Waals surface area contributed by atoms with Crippen molar-refractivity contribution in [1.82, 2.24) is 9.88 Å². The van der Waals surface area contributed by atoms with Crippen molar-refractivity contribution < 1.29 is 9.84 Å². The lowest BCUT2D eigenvalue weighted by Crippen LogP contribution is -2.39. The number of β-amino-alcohol motifs (C(OH)–C–C–N with tert-alkyl or cyclic N) is 1. The van der Waals surface area contributed by atoms with E-state index in [0.29, 0.717) is 13.2 Å². The van der Waals surface area contributed by atoms with Crippen LogP contribution in [0.1, 0.15) is 23.2 Å². The predicted molar refractivity (Wildman–Crippen MR) is 90.5 cm³/mol. The van der Waals surface area contributed by atoms with Crippen molar-refractivity contribution in [2.75, 3.05) is 19.7 Å². The topological polar surface area (TPSA) is 45.6 Å². The lowest BCUT2D eigenvalue weighted by Gasteiger charge is -2.23. The van der Waals surface area contributed by atoms with Gasteiger partial charge in [0.1, 0.15) is 18.0 Å². The van der Waals surface area contributed by atoms with Crippen molar-refractivity contribution in [3.8, 4) is 5.75 Å². The van der Waals surface area contributed by atoms with Crippen LogP contribution in [0.3, 0.4) is 0 Å². The summed E-state index contributed by atoms with van der Waals surface area (Å²) in [7, 11) is 0. The molecule has 2 aromatic rings. The van der Waals surface area contributed by atoms with E-state index in [1.807, 2.05) is 50.4 Å². The highest BCUT2D eigenvalue weighted by atomic mass is 16.5. The molecule has 3 rings (SSSR count). The normalized spacial score (nSPS) is 21.5. The van der Waals surface area contributed by atoms with Crippen LogP contribution < -0.4 is 4.74 Å². The van der Waals surface area contributed by atoms with Gasteiger partial charge in [-0.05, 0) is 44.0 Å². The molecular weight excluding hydrogens is 288 g/mol. The van der Waals surface area contributed by atoms with Gasteiger partial charge in [0, 0.05) is 31.5 Å². The van der Waals surface area contributed by atoms with Crippen LogP contribution in [0.2, 0.25) is 0 Å². The number of hydrogen-bond donors (Lipinski definition) is 1. The molecule has 1 N–H and O–H groups in total. The molecule has 1 aliphatic heterocycles. The van der Waals surface area contributed by atoms with E-state index in [4.69, 9.17) is 4.74 Å². The van der Waals surface area contributed by atoms with Crippen molar-refractivity contribution in [1.29, 1.82) is 0 Å². The Balaban J connectivity index is 1.53. The highest BCUT2D eigenvalue weighted by Crippen LogP contribution is 2.24. The number of pyridine rings is 1. The summed E-state index contributed by atoms with van der Waals surface area (Å²) >= 11 is 0. The standard InChI is InChI=1S/C19H24N2O2/c1-15-3-7-18(8-4-15)23-14-19(22)9-10-21(13-19)12-17-6-5-16(2)20-11-17/h3-8,11,22H,9-10,12-14H2,1-2H3/t19-/m1/s1. The smallest absolute Gasteiger partial charge is 0.119 e. The molecule has 23 heavy (non-hydrogen) atoms. The molecule has 0 aliphatic carbocycles. The third-order valence-corrected chi connectivity index (χ3v) is 4.32. The Bertz CT molecular complexity index is 639. The van der Waals surface area contributed by atoms with Gasteiger partial charge < -0.3 is 9.84 Å². The zero-order chi connectivity index (χ0) is 16.3. The van der Waals surface area contributed by atoms with Gasteiger partial charge in [0.25, 0.3) is 0 Å². The second-order valence-corrected chi connectivity index (χ2v) is 6.59. The Hall–Kier alpha value is -1.91. The first kappa shape index (κ1) is 16.0. The first-order valence-electron chi connectivity index (χ1n) is 8.08. The van der Waals surface area contributed by atoms with E-state index in [-0.39, 0.29) is 0 Å². The number of aliphatic hydroxyl groups is 1. The zero-order valence-electron chi connectivity index (χ0n) is 13.8. The van der Waals surface area contributed by atoms with Crippen molar-refractivity contribution in [2.45, 2.75) is 32.4 Å². The quantitative estimate of drug-likeness (QED) is 0.922. The summed E-state index contributed by atoms with van der Waals surface area (Å²) in [5.74, 6) is 0.810. The molecule has 0 saturated carbocycles. The number of nitrogens with zero attached hydrogens (tertiary/aromatic N) is 2. The summed E-state index contributed by atoms with van der Waals surface area (Å²) in [6, 6.07) is 12.1. The van der Waals surface area contributed by atoms with Crippen LogP contribution in [-0.2, 0) is 6.54 Å². The van der Waals surface area contributed by atoms with E-state index in [0.717, 1.165) is 31.0 Å². The third kappa shape index (κ3) is 4.30. The van der Waals surface area contributed by atoms with E-state index < -0.39 is 5.60 Å². The molecule has 4 heteroatoms. The molecule has 1 saturated heterocycles. The molecule has 122 valence electrons. The van der Waals surface area contributed by atoms with Gasteiger partial charge in [-0.1, -0.05) is 23.8 Å². The number of likely N-dealkylation sites (tertiary alicyclic amines) is 1. The van der Waals surface area contributed by atoms with Crippen LogP contribution in [0.25, 0.3) is 0 Å². The highest BCUT2D eigenvalue weighted by Gasteiger charge is 2.36. The van der Waals surface area contributed by atoms with Gasteiger partial charge in [0.05, 0.1) is 0 Å². The molecule has 2 heterocycles. The van der Waals surface area contributed by atoms with E-state index in [1.54, 1.807) is 0 Å². The van der Waals surface area contributed by atoms with Gasteiger partial charge in [-0.15, -0.1) is 0 Å². The van der Waals surface area contributed by atoms with Crippen LogP contribution >= 0.6 is 0 Å². The minimum absolute atomic E-state index is 0.332. The summed E-state index contributed by atoms with van der Waals surface area (Å²) in [6.45, 7) is 6.69. The minimum Gasteiger partial charge on any atom is -0.491 e. The lowest BCUT2D eigenvalue weighted by molar-refractivity contribution is 0.00337. The van der Waals surface area contributed by atoms with Gasteiger partial charge in [-0.2, -0.15) is 0 Å². The molecule has 1 aliphatic rings. The zero-order valence-corrected chi connectivity index (χ0v) is 13.8. The van der Waals surface area contributed by atoms with E-state index >= 15 is 0 Å². The average Bonchev–Trinajstić information content (AvgIpc) is 2.91. The average molecular weight is 312 g/mol. The van der Waals surface area contributed by atoms with Gasteiger partial charge in [-0.25, -0.2) is 0 Å². The van der Waals surface area contributed by atoms with E-state index in [1.165, 1.54) is 11.1 Å². The summed E-state index contributed by atoms with van der Waals surface area (Å²) in [6.07, 6.45) is 2.65. The summed E-state index contributed by atoms with van der Waals surface area (Å²) in [4.78, 5) is 6.58. The van der Waals surface area contributed by atoms with E-state index in [2.05, 4.69) is 16.0 Å². The van der Waals surface area contributed by atoms with Crippen LogP contribution in [-0.4, -0.2) is 40.3 Å². The van der Waals surface area contributed by atoms with Crippen molar-refractivity contribution >= 4 is 0 Å². The van der Waals surface area contributed by atoms with Crippen molar-refractivity contribution in [2.24, 2.45) is 0 Å². The summed E-state index contributed by atoms with van der Waals surface area (Å²) in [5.41, 5.74) is 2.63. The molecule has 0 unspecified atom stereocenters. The van der Waals surface area contributed by atoms with Gasteiger partial charge in [0.15, 0.2) is 0 Å². The fourth-order valence-corrected chi connectivity index (χ4v) is 2.90. The van der Waals surface area contributed by atoms with Crippen LogP contribution in [0.15, 0.2) is 42.6 Å². The second-order valence-electron chi connectivity index (χ2n) is 6.59. The number of aromatic nitrogens is 1. The molecule has 1 aromatic heterocycles. The van der Waals surface area contributed by atoms with Gasteiger partial charge in [0.2, 0.25) is 0 Å².